The molecule has 34 heavy (non-hydrogen) atoms. The molecule has 6 rings (SSSR count). The number of allylic oxidation sites excluding steroid dienone is 2. The van der Waals surface area contributed by atoms with E-state index < -0.39 is 5.79 Å². The summed E-state index contributed by atoms with van der Waals surface area (Å²) in [6.45, 7) is 11.5. The van der Waals surface area contributed by atoms with Crippen molar-refractivity contribution in [3.8, 4) is 0 Å². The first-order valence-electron chi connectivity index (χ1n) is 13.8. The molecule has 2 heterocycles. The summed E-state index contributed by atoms with van der Waals surface area (Å²) in [5.41, 5.74) is 1.10. The van der Waals surface area contributed by atoms with Gasteiger partial charge in [-0.15, -0.1) is 0 Å². The lowest BCUT2D eigenvalue weighted by atomic mass is 9.48. The monoisotopic (exact) mass is 470 g/mol. The third-order valence-corrected chi connectivity index (χ3v) is 11.5. The predicted octanol–water partition coefficient (Wildman–Crippen LogP) is 5.46. The molecule has 0 unspecified atom stereocenters. The zero-order chi connectivity index (χ0) is 24.0. The van der Waals surface area contributed by atoms with Crippen molar-refractivity contribution in [1.82, 2.24) is 0 Å². The highest BCUT2D eigenvalue weighted by Crippen LogP contribution is 2.69. The maximum Gasteiger partial charge on any atom is 0.302 e. The minimum absolute atomic E-state index is 0.0340. The van der Waals surface area contributed by atoms with Gasteiger partial charge in [-0.3, -0.25) is 9.59 Å². The first-order chi connectivity index (χ1) is 16.1. The number of carbonyl (C=O) groups is 2. The van der Waals surface area contributed by atoms with E-state index in [4.69, 9.17) is 14.2 Å². The van der Waals surface area contributed by atoms with Gasteiger partial charge in [0.05, 0.1) is 12.7 Å². The third-order valence-electron chi connectivity index (χ3n) is 11.5. The van der Waals surface area contributed by atoms with Crippen LogP contribution in [0, 0.1) is 46.3 Å². The van der Waals surface area contributed by atoms with Crippen molar-refractivity contribution in [3.05, 3.63) is 11.6 Å². The molecule has 4 aliphatic carbocycles. The molecule has 5 nitrogen and oxygen atoms in total. The van der Waals surface area contributed by atoms with Crippen molar-refractivity contribution in [2.24, 2.45) is 46.3 Å². The van der Waals surface area contributed by atoms with Crippen LogP contribution in [0.5, 0.6) is 0 Å². The highest BCUT2D eigenvalue weighted by Gasteiger charge is 2.70. The second-order valence-corrected chi connectivity index (χ2v) is 13.1. The number of ketones is 1. The van der Waals surface area contributed by atoms with Crippen LogP contribution in [0.2, 0.25) is 0 Å². The highest BCUT2D eigenvalue weighted by atomic mass is 16.7. The summed E-state index contributed by atoms with van der Waals surface area (Å²) >= 11 is 0. The van der Waals surface area contributed by atoms with Crippen molar-refractivity contribution in [3.63, 3.8) is 0 Å². The SMILES string of the molecule is CC(=O)O[C@@H]1CC[C@]2(C)C3=CC(=O)[C@]4(C)[C@@H]5[C@H](C[C@@H]4[C@@H]3CC[C@@H]2C1)O[C@]1(CC[C@H](C)CO1)[C@@H]5C. The van der Waals surface area contributed by atoms with E-state index in [0.717, 1.165) is 58.0 Å². The fourth-order valence-corrected chi connectivity index (χ4v) is 9.61. The smallest absolute Gasteiger partial charge is 0.302 e. The summed E-state index contributed by atoms with van der Waals surface area (Å²) in [6, 6.07) is 0. The van der Waals surface area contributed by atoms with Crippen LogP contribution in [-0.2, 0) is 23.8 Å². The molecule has 0 aromatic carbocycles. The predicted molar refractivity (Wildman–Crippen MR) is 128 cm³/mol. The molecule has 0 aromatic rings. The summed E-state index contributed by atoms with van der Waals surface area (Å²) < 4.78 is 18.8. The Kier molecular flexibility index (Phi) is 5.22. The van der Waals surface area contributed by atoms with Gasteiger partial charge in [-0.25, -0.2) is 0 Å². The zero-order valence-corrected chi connectivity index (χ0v) is 21.6. The minimum Gasteiger partial charge on any atom is -0.463 e. The van der Waals surface area contributed by atoms with Gasteiger partial charge < -0.3 is 14.2 Å². The lowest BCUT2D eigenvalue weighted by Gasteiger charge is -2.56. The van der Waals surface area contributed by atoms with Gasteiger partial charge in [-0.2, -0.15) is 0 Å². The molecule has 2 aliphatic heterocycles. The standard InChI is InChI=1S/C29H42O5/c1-16-8-11-29(32-15-16)17(2)26-24(34-29)13-23-21-7-6-19-12-20(33-18(3)30)9-10-27(19,4)22(21)14-25(31)28(23,26)5/h14,16-17,19-21,23-24,26H,6-13,15H2,1-5H3/t16-,17+,19+,20+,21+,23+,24-,26-,27-,28+,29+/m0/s1. The van der Waals surface area contributed by atoms with Crippen molar-refractivity contribution < 1.29 is 23.8 Å². The van der Waals surface area contributed by atoms with Crippen LogP contribution in [0.4, 0.5) is 0 Å². The first-order valence-corrected chi connectivity index (χ1v) is 13.8. The van der Waals surface area contributed by atoms with E-state index in [0.29, 0.717) is 29.5 Å². The lowest BCUT2D eigenvalue weighted by molar-refractivity contribution is -0.271. The van der Waals surface area contributed by atoms with E-state index in [2.05, 4.69) is 33.8 Å². The zero-order valence-electron chi connectivity index (χ0n) is 21.6. The molecule has 1 spiro atoms. The summed E-state index contributed by atoms with van der Waals surface area (Å²) in [7, 11) is 0. The molecule has 2 saturated heterocycles. The van der Waals surface area contributed by atoms with Crippen LogP contribution in [0.15, 0.2) is 11.6 Å². The summed E-state index contributed by atoms with van der Waals surface area (Å²) in [5, 5.41) is 0. The van der Waals surface area contributed by atoms with Crippen LogP contribution >= 0.6 is 0 Å². The van der Waals surface area contributed by atoms with Crippen molar-refractivity contribution in [2.75, 3.05) is 6.61 Å². The Balaban J connectivity index is 1.29. The molecule has 0 amide bonds. The number of fused-ring (bicyclic) bond motifs is 7. The Bertz CT molecular complexity index is 915. The Morgan fingerprint density at radius 2 is 1.88 bits per heavy atom. The Hall–Kier alpha value is -1.20. The maximum atomic E-state index is 14.0. The van der Waals surface area contributed by atoms with E-state index in [9.17, 15) is 9.59 Å². The highest BCUT2D eigenvalue weighted by molar-refractivity contribution is 5.97. The van der Waals surface area contributed by atoms with E-state index in [1.54, 1.807) is 0 Å². The average molecular weight is 471 g/mol. The number of esters is 1. The molecule has 188 valence electrons. The molecule has 11 atom stereocenters. The molecular formula is C29H42O5. The van der Waals surface area contributed by atoms with Crippen molar-refractivity contribution in [2.45, 2.75) is 104 Å². The van der Waals surface area contributed by atoms with Crippen LogP contribution < -0.4 is 0 Å². The molecule has 0 bridgehead atoms. The Labute approximate surface area is 204 Å². The first kappa shape index (κ1) is 23.2. The minimum atomic E-state index is -0.487. The second-order valence-electron chi connectivity index (χ2n) is 13.1. The fourth-order valence-electron chi connectivity index (χ4n) is 9.61. The quantitative estimate of drug-likeness (QED) is 0.476. The Morgan fingerprint density at radius 3 is 2.59 bits per heavy atom. The van der Waals surface area contributed by atoms with Gasteiger partial charge in [0.1, 0.15) is 6.10 Å². The molecular weight excluding hydrogens is 428 g/mol. The number of carbonyl (C=O) groups excluding carboxylic acids is 2. The Morgan fingerprint density at radius 1 is 1.09 bits per heavy atom. The average Bonchev–Trinajstić information content (AvgIpc) is 3.23. The third kappa shape index (κ3) is 3.04. The topological polar surface area (TPSA) is 61.8 Å². The van der Waals surface area contributed by atoms with Crippen LogP contribution in [0.3, 0.4) is 0 Å². The number of hydrogen-bond donors (Lipinski definition) is 0. The van der Waals surface area contributed by atoms with Gasteiger partial charge in [0, 0.05) is 30.6 Å². The molecule has 0 N–H and O–H groups in total. The fraction of sp³-hybridized carbons (Fsp3) is 0.862. The van der Waals surface area contributed by atoms with Crippen molar-refractivity contribution >= 4 is 11.8 Å². The van der Waals surface area contributed by atoms with Gasteiger partial charge in [0.25, 0.3) is 0 Å². The molecule has 3 saturated carbocycles. The van der Waals surface area contributed by atoms with Crippen molar-refractivity contribution in [1.29, 1.82) is 0 Å². The summed E-state index contributed by atoms with van der Waals surface area (Å²) in [6.07, 6.45) is 10.4. The maximum absolute atomic E-state index is 14.0. The van der Waals surface area contributed by atoms with Crippen LogP contribution in [-0.4, -0.2) is 36.4 Å². The second kappa shape index (κ2) is 7.65. The van der Waals surface area contributed by atoms with Crippen LogP contribution in [0.25, 0.3) is 0 Å². The van der Waals surface area contributed by atoms with Gasteiger partial charge in [-0.05, 0) is 80.1 Å². The van der Waals surface area contributed by atoms with Gasteiger partial charge in [-0.1, -0.05) is 33.3 Å². The van der Waals surface area contributed by atoms with Crippen LogP contribution in [0.1, 0.15) is 86.0 Å². The molecule has 5 fully saturated rings. The summed E-state index contributed by atoms with van der Waals surface area (Å²) in [4.78, 5) is 25.6. The van der Waals surface area contributed by atoms with Gasteiger partial charge in [0.2, 0.25) is 0 Å². The largest absolute Gasteiger partial charge is 0.463 e. The lowest BCUT2D eigenvalue weighted by Crippen LogP contribution is -2.53. The molecule has 0 aromatic heterocycles. The van der Waals surface area contributed by atoms with E-state index in [-0.39, 0.29) is 40.8 Å². The molecule has 6 aliphatic rings. The number of ether oxygens (including phenoxy) is 3. The van der Waals surface area contributed by atoms with E-state index in [1.165, 1.54) is 12.5 Å². The molecule has 5 heteroatoms. The van der Waals surface area contributed by atoms with Gasteiger partial charge in [0.15, 0.2) is 11.6 Å². The summed E-state index contributed by atoms with van der Waals surface area (Å²) in [5.74, 6) is 2.05. The normalized spacial score (nSPS) is 54.0. The van der Waals surface area contributed by atoms with Gasteiger partial charge >= 0.3 is 5.97 Å². The van der Waals surface area contributed by atoms with E-state index >= 15 is 0 Å². The van der Waals surface area contributed by atoms with E-state index in [1.807, 2.05) is 0 Å². The number of rotatable bonds is 1. The number of hydrogen-bond acceptors (Lipinski definition) is 5. The molecule has 0 radical (unpaired) electrons.